The molecule has 0 unspecified atom stereocenters. The minimum Gasteiger partial charge on any atom is -0.389 e. The number of carbonyl (C=O) groups excluding carboxylic acids is 1. The maximum atomic E-state index is 10.9. The van der Waals surface area contributed by atoms with Crippen LogP contribution < -0.4 is 16.4 Å². The normalized spacial score (nSPS) is 10.1. The summed E-state index contributed by atoms with van der Waals surface area (Å²) < 4.78 is 0. The highest BCUT2D eigenvalue weighted by Crippen LogP contribution is 2.20. The first-order chi connectivity index (χ1) is 7.84. The molecule has 1 amide bonds. The summed E-state index contributed by atoms with van der Waals surface area (Å²) in [5, 5.41) is 8.01. The Labute approximate surface area is 105 Å². The number of aromatic nitrogens is 2. The minimum absolute atomic E-state index is 0.0345. The maximum Gasteiger partial charge on any atom is 0.236 e. The Morgan fingerprint density at radius 3 is 2.41 bits per heavy atom. The van der Waals surface area contributed by atoms with Crippen LogP contribution in [0.2, 0.25) is 0 Å². The molecule has 0 spiro atoms. The molecular formula is C10H15N5OS. The summed E-state index contributed by atoms with van der Waals surface area (Å²) in [7, 11) is 1.69. The van der Waals surface area contributed by atoms with Gasteiger partial charge in [0.1, 0.15) is 4.99 Å². The van der Waals surface area contributed by atoms with Gasteiger partial charge < -0.3 is 16.4 Å². The number of thiocarbonyl (C=S) groups is 1. The van der Waals surface area contributed by atoms with Gasteiger partial charge in [-0.3, -0.25) is 4.79 Å². The number of carbonyl (C=O) groups is 1. The molecule has 1 aromatic heterocycles. The second-order valence-corrected chi connectivity index (χ2v) is 4.24. The minimum atomic E-state index is -0.457. The standard InChI is InChI=1S/C10H15N5OS/c1-5-6(2)13-14-10(8(5)9(12)17)15(3)4-7(11)16/h4H2,1-3H3,(H2,11,16)(H2,12,17). The summed E-state index contributed by atoms with van der Waals surface area (Å²) in [6.45, 7) is 3.72. The van der Waals surface area contributed by atoms with Gasteiger partial charge in [-0.15, -0.1) is 5.10 Å². The molecule has 6 nitrogen and oxygen atoms in total. The van der Waals surface area contributed by atoms with Gasteiger partial charge >= 0.3 is 0 Å². The number of rotatable bonds is 4. The van der Waals surface area contributed by atoms with Crippen LogP contribution in [0.3, 0.4) is 0 Å². The smallest absolute Gasteiger partial charge is 0.236 e. The SMILES string of the molecule is Cc1nnc(N(C)CC(N)=O)c(C(N)=S)c1C. The van der Waals surface area contributed by atoms with Crippen molar-refractivity contribution in [3.05, 3.63) is 16.8 Å². The molecule has 17 heavy (non-hydrogen) atoms. The number of nitrogens with zero attached hydrogens (tertiary/aromatic N) is 3. The quantitative estimate of drug-likeness (QED) is 0.712. The largest absolute Gasteiger partial charge is 0.389 e. The van der Waals surface area contributed by atoms with Crippen molar-refractivity contribution in [1.29, 1.82) is 0 Å². The highest BCUT2D eigenvalue weighted by Gasteiger charge is 2.17. The van der Waals surface area contributed by atoms with E-state index in [-0.39, 0.29) is 11.5 Å². The third kappa shape index (κ3) is 2.88. The van der Waals surface area contributed by atoms with Crippen molar-refractivity contribution in [2.45, 2.75) is 13.8 Å². The number of likely N-dealkylation sites (N-methyl/N-ethyl adjacent to an activating group) is 1. The van der Waals surface area contributed by atoms with Crippen molar-refractivity contribution < 1.29 is 4.79 Å². The van der Waals surface area contributed by atoms with Crippen molar-refractivity contribution in [3.63, 3.8) is 0 Å². The van der Waals surface area contributed by atoms with E-state index < -0.39 is 5.91 Å². The lowest BCUT2D eigenvalue weighted by molar-refractivity contribution is -0.116. The fraction of sp³-hybridized carbons (Fsp3) is 0.400. The average Bonchev–Trinajstić information content (AvgIpc) is 2.19. The third-order valence-corrected chi connectivity index (χ3v) is 2.64. The summed E-state index contributed by atoms with van der Waals surface area (Å²) >= 11 is 5.00. The molecule has 1 rings (SSSR count). The summed E-state index contributed by atoms with van der Waals surface area (Å²) in [6.07, 6.45) is 0. The number of hydrogen-bond donors (Lipinski definition) is 2. The summed E-state index contributed by atoms with van der Waals surface area (Å²) in [6, 6.07) is 0. The van der Waals surface area contributed by atoms with Crippen molar-refractivity contribution in [2.75, 3.05) is 18.5 Å². The molecule has 0 saturated carbocycles. The van der Waals surface area contributed by atoms with Crippen molar-refractivity contribution in [3.8, 4) is 0 Å². The Kier molecular flexibility index (Phi) is 3.95. The predicted molar refractivity (Wildman–Crippen MR) is 69.9 cm³/mol. The van der Waals surface area contributed by atoms with E-state index in [2.05, 4.69) is 10.2 Å². The zero-order chi connectivity index (χ0) is 13.2. The molecule has 0 saturated heterocycles. The molecule has 1 aromatic rings. The second kappa shape index (κ2) is 5.05. The van der Waals surface area contributed by atoms with E-state index >= 15 is 0 Å². The van der Waals surface area contributed by atoms with Crippen LogP contribution >= 0.6 is 12.2 Å². The predicted octanol–water partition coefficient (Wildman–Crippen LogP) is -0.351. The molecular weight excluding hydrogens is 238 g/mol. The van der Waals surface area contributed by atoms with Gasteiger partial charge in [0.25, 0.3) is 0 Å². The zero-order valence-corrected chi connectivity index (χ0v) is 10.8. The first-order valence-corrected chi connectivity index (χ1v) is 5.38. The number of primary amides is 1. The molecule has 0 aliphatic carbocycles. The molecule has 0 bridgehead atoms. The van der Waals surface area contributed by atoms with Crippen LogP contribution in [0.15, 0.2) is 0 Å². The van der Waals surface area contributed by atoms with Crippen LogP contribution in [-0.4, -0.2) is 34.7 Å². The van der Waals surface area contributed by atoms with Crippen LogP contribution in [0.4, 0.5) is 5.82 Å². The van der Waals surface area contributed by atoms with E-state index in [0.717, 1.165) is 11.3 Å². The molecule has 0 atom stereocenters. The van der Waals surface area contributed by atoms with Gasteiger partial charge in [-0.25, -0.2) is 0 Å². The van der Waals surface area contributed by atoms with Crippen molar-refractivity contribution in [2.24, 2.45) is 11.5 Å². The number of hydrogen-bond acceptors (Lipinski definition) is 5. The van der Waals surface area contributed by atoms with Crippen molar-refractivity contribution in [1.82, 2.24) is 10.2 Å². The fourth-order valence-corrected chi connectivity index (χ4v) is 1.71. The molecule has 0 radical (unpaired) electrons. The Balaban J connectivity index is 3.28. The lowest BCUT2D eigenvalue weighted by atomic mass is 10.1. The Bertz CT molecular complexity index is 474. The lowest BCUT2D eigenvalue weighted by Crippen LogP contribution is -2.33. The number of anilines is 1. The molecule has 0 aromatic carbocycles. The number of amides is 1. The first kappa shape index (κ1) is 13.3. The molecule has 1 heterocycles. The third-order valence-electron chi connectivity index (χ3n) is 2.44. The number of nitrogens with two attached hydrogens (primary N) is 2. The topological polar surface area (TPSA) is 98.1 Å². The number of aryl methyl sites for hydroxylation is 1. The van der Waals surface area contributed by atoms with Crippen LogP contribution in [0.1, 0.15) is 16.8 Å². The summed E-state index contributed by atoms with van der Waals surface area (Å²) in [5.41, 5.74) is 13.1. The van der Waals surface area contributed by atoms with Gasteiger partial charge in [-0.2, -0.15) is 5.10 Å². The summed E-state index contributed by atoms with van der Waals surface area (Å²) in [5.74, 6) is 0.0146. The average molecular weight is 253 g/mol. The van der Waals surface area contributed by atoms with Crippen LogP contribution in [0.5, 0.6) is 0 Å². The van der Waals surface area contributed by atoms with Gasteiger partial charge in [0, 0.05) is 7.05 Å². The van der Waals surface area contributed by atoms with Gasteiger partial charge in [-0.05, 0) is 19.4 Å². The molecule has 0 aliphatic heterocycles. The van der Waals surface area contributed by atoms with Gasteiger partial charge in [-0.1, -0.05) is 12.2 Å². The Morgan fingerprint density at radius 2 is 1.94 bits per heavy atom. The highest BCUT2D eigenvalue weighted by molar-refractivity contribution is 7.80. The Morgan fingerprint density at radius 1 is 1.35 bits per heavy atom. The van der Waals surface area contributed by atoms with E-state index in [1.54, 1.807) is 11.9 Å². The summed E-state index contributed by atoms with van der Waals surface area (Å²) in [4.78, 5) is 12.7. The maximum absolute atomic E-state index is 10.9. The Hall–Kier alpha value is -1.76. The second-order valence-electron chi connectivity index (χ2n) is 3.80. The van der Waals surface area contributed by atoms with E-state index in [4.69, 9.17) is 23.7 Å². The van der Waals surface area contributed by atoms with Gasteiger partial charge in [0.2, 0.25) is 5.91 Å². The molecule has 4 N–H and O–H groups in total. The van der Waals surface area contributed by atoms with E-state index in [0.29, 0.717) is 11.4 Å². The first-order valence-electron chi connectivity index (χ1n) is 4.97. The zero-order valence-electron chi connectivity index (χ0n) is 10.0. The molecule has 0 aliphatic rings. The van der Waals surface area contributed by atoms with Crippen LogP contribution in [0.25, 0.3) is 0 Å². The van der Waals surface area contributed by atoms with E-state index in [9.17, 15) is 4.79 Å². The molecule has 92 valence electrons. The van der Waals surface area contributed by atoms with E-state index in [1.807, 2.05) is 13.8 Å². The fourth-order valence-electron chi connectivity index (χ4n) is 1.47. The molecule has 7 heteroatoms. The van der Waals surface area contributed by atoms with E-state index in [1.165, 1.54) is 0 Å². The monoisotopic (exact) mass is 253 g/mol. The van der Waals surface area contributed by atoms with Gasteiger partial charge in [0.05, 0.1) is 17.8 Å². The van der Waals surface area contributed by atoms with Crippen molar-refractivity contribution >= 4 is 28.9 Å². The highest BCUT2D eigenvalue weighted by atomic mass is 32.1. The van der Waals surface area contributed by atoms with Gasteiger partial charge in [0.15, 0.2) is 5.82 Å². The van der Waals surface area contributed by atoms with Crippen LogP contribution in [-0.2, 0) is 4.79 Å². The lowest BCUT2D eigenvalue weighted by Gasteiger charge is -2.20. The molecule has 0 fully saturated rings. The van der Waals surface area contributed by atoms with Crippen LogP contribution in [0, 0.1) is 13.8 Å².